The van der Waals surface area contributed by atoms with Gasteiger partial charge in [0.1, 0.15) is 18.5 Å². The Labute approximate surface area is 175 Å². The zero-order valence-electron chi connectivity index (χ0n) is 16.3. The van der Waals surface area contributed by atoms with Crippen LogP contribution in [0.5, 0.6) is 5.75 Å². The Bertz CT molecular complexity index is 958. The van der Waals surface area contributed by atoms with E-state index >= 15 is 0 Å². The van der Waals surface area contributed by atoms with Gasteiger partial charge in [-0.25, -0.2) is 0 Å². The van der Waals surface area contributed by atoms with Crippen molar-refractivity contribution in [2.75, 3.05) is 13.2 Å². The normalized spacial score (nSPS) is 13.1. The quantitative estimate of drug-likeness (QED) is 0.470. The summed E-state index contributed by atoms with van der Waals surface area (Å²) in [6, 6.07) is 21.1. The highest BCUT2D eigenvalue weighted by atomic mass is 35.5. The van der Waals surface area contributed by atoms with Crippen molar-refractivity contribution in [3.8, 4) is 5.75 Å². The molecule has 0 heterocycles. The minimum absolute atomic E-state index is 0.139. The predicted octanol–water partition coefficient (Wildman–Crippen LogP) is 3.53. The fourth-order valence-electron chi connectivity index (χ4n) is 3.04. The molecule has 1 amide bonds. The summed E-state index contributed by atoms with van der Waals surface area (Å²) in [6.45, 7) is 2.27. The van der Waals surface area contributed by atoms with Crippen LogP contribution in [0.3, 0.4) is 0 Å². The number of fused-ring (bicyclic) bond motifs is 1. The molecule has 0 aliphatic heterocycles. The third kappa shape index (κ3) is 6.19. The van der Waals surface area contributed by atoms with Gasteiger partial charge in [-0.2, -0.15) is 0 Å². The van der Waals surface area contributed by atoms with E-state index in [9.17, 15) is 9.90 Å². The number of hydrogen-bond donors (Lipinski definition) is 3. The summed E-state index contributed by atoms with van der Waals surface area (Å²) in [5.74, 6) is 0.600. The van der Waals surface area contributed by atoms with Gasteiger partial charge in [0.05, 0.1) is 12.6 Å². The second kappa shape index (κ2) is 10.3. The monoisotopic (exact) mass is 412 g/mol. The fraction of sp³-hybridized carbons (Fsp3) is 0.261. The molecule has 29 heavy (non-hydrogen) atoms. The highest BCUT2D eigenvalue weighted by Crippen LogP contribution is 2.25. The van der Waals surface area contributed by atoms with Crippen molar-refractivity contribution in [1.29, 1.82) is 0 Å². The second-order valence-electron chi connectivity index (χ2n) is 6.91. The third-order valence-corrected chi connectivity index (χ3v) is 4.90. The van der Waals surface area contributed by atoms with E-state index < -0.39 is 6.10 Å². The third-order valence-electron chi connectivity index (χ3n) is 4.53. The van der Waals surface area contributed by atoms with E-state index in [2.05, 4.69) is 10.6 Å². The van der Waals surface area contributed by atoms with Crippen molar-refractivity contribution in [2.24, 2.45) is 0 Å². The van der Waals surface area contributed by atoms with Crippen molar-refractivity contribution < 1.29 is 14.6 Å². The van der Waals surface area contributed by atoms with Crippen LogP contribution in [0.15, 0.2) is 66.7 Å². The van der Waals surface area contributed by atoms with E-state index in [1.54, 1.807) is 6.07 Å². The fourth-order valence-corrected chi connectivity index (χ4v) is 3.24. The molecule has 3 aromatic carbocycles. The first kappa shape index (κ1) is 21.1. The van der Waals surface area contributed by atoms with Gasteiger partial charge in [-0.1, -0.05) is 66.2 Å². The maximum atomic E-state index is 12.2. The van der Waals surface area contributed by atoms with Crippen LogP contribution in [0, 0.1) is 0 Å². The molecule has 5 nitrogen and oxygen atoms in total. The summed E-state index contributed by atoms with van der Waals surface area (Å²) in [4.78, 5) is 12.2. The molecule has 0 bridgehead atoms. The van der Waals surface area contributed by atoms with Crippen LogP contribution in [0.1, 0.15) is 12.5 Å². The van der Waals surface area contributed by atoms with E-state index in [1.165, 1.54) is 0 Å². The zero-order valence-corrected chi connectivity index (χ0v) is 17.0. The SMILES string of the molecule is CC(NCC(O)COc1cccc2ccccc12)NC(=O)Cc1ccccc1Cl. The first-order chi connectivity index (χ1) is 14.0. The van der Waals surface area contributed by atoms with Gasteiger partial charge < -0.3 is 15.2 Å². The topological polar surface area (TPSA) is 70.6 Å². The Morgan fingerprint density at radius 3 is 2.62 bits per heavy atom. The number of carbonyl (C=O) groups is 1. The van der Waals surface area contributed by atoms with Gasteiger partial charge in [-0.05, 0) is 30.0 Å². The average Bonchev–Trinajstić information content (AvgIpc) is 2.72. The van der Waals surface area contributed by atoms with E-state index in [-0.39, 0.29) is 31.6 Å². The van der Waals surface area contributed by atoms with Gasteiger partial charge in [0, 0.05) is 17.0 Å². The number of halogens is 1. The average molecular weight is 413 g/mol. The Balaban J connectivity index is 1.42. The summed E-state index contributed by atoms with van der Waals surface area (Å²) in [5, 5.41) is 18.8. The minimum atomic E-state index is -0.711. The highest BCUT2D eigenvalue weighted by Gasteiger charge is 2.12. The molecule has 0 aliphatic carbocycles. The number of nitrogens with one attached hydrogen (secondary N) is 2. The molecule has 0 saturated heterocycles. The Morgan fingerprint density at radius 1 is 1.07 bits per heavy atom. The number of ether oxygens (including phenoxy) is 1. The van der Waals surface area contributed by atoms with Crippen molar-refractivity contribution in [3.63, 3.8) is 0 Å². The van der Waals surface area contributed by atoms with Gasteiger partial charge in [0.15, 0.2) is 0 Å². The van der Waals surface area contributed by atoms with Crippen LogP contribution < -0.4 is 15.4 Å². The molecule has 0 aliphatic rings. The number of hydrogen-bond acceptors (Lipinski definition) is 4. The molecule has 6 heteroatoms. The van der Waals surface area contributed by atoms with Crippen molar-refractivity contribution in [1.82, 2.24) is 10.6 Å². The first-order valence-corrected chi connectivity index (χ1v) is 9.95. The van der Waals surface area contributed by atoms with Crippen LogP contribution in [0.25, 0.3) is 10.8 Å². The first-order valence-electron chi connectivity index (χ1n) is 9.57. The van der Waals surface area contributed by atoms with Crippen LogP contribution in [-0.4, -0.2) is 36.4 Å². The molecule has 3 rings (SSSR count). The van der Waals surface area contributed by atoms with Gasteiger partial charge in [0.2, 0.25) is 5.91 Å². The summed E-state index contributed by atoms with van der Waals surface area (Å²) in [6.07, 6.45) is -0.799. The number of aliphatic hydroxyl groups is 1. The standard InChI is InChI=1S/C23H25ClN2O3/c1-16(26-23(28)13-18-8-3-5-11-21(18)24)25-14-19(27)15-29-22-12-6-9-17-7-2-4-10-20(17)22/h2-12,16,19,25,27H,13-15H2,1H3,(H,26,28). The maximum absolute atomic E-state index is 12.2. The van der Waals surface area contributed by atoms with E-state index in [1.807, 2.05) is 67.6 Å². The lowest BCUT2D eigenvalue weighted by Crippen LogP contribution is -2.47. The lowest BCUT2D eigenvalue weighted by molar-refractivity contribution is -0.121. The van der Waals surface area contributed by atoms with Crippen LogP contribution in [0.2, 0.25) is 5.02 Å². The van der Waals surface area contributed by atoms with Crippen molar-refractivity contribution >= 4 is 28.3 Å². The Hall–Kier alpha value is -2.60. The molecule has 2 atom stereocenters. The molecule has 0 radical (unpaired) electrons. The molecule has 0 aromatic heterocycles. The number of rotatable bonds is 9. The van der Waals surface area contributed by atoms with Crippen LogP contribution >= 0.6 is 11.6 Å². The highest BCUT2D eigenvalue weighted by molar-refractivity contribution is 6.31. The lowest BCUT2D eigenvalue weighted by Gasteiger charge is -2.19. The molecular weight excluding hydrogens is 388 g/mol. The van der Waals surface area contributed by atoms with E-state index in [0.29, 0.717) is 5.02 Å². The molecule has 3 aromatic rings. The van der Waals surface area contributed by atoms with E-state index in [4.69, 9.17) is 16.3 Å². The number of aliphatic hydroxyl groups excluding tert-OH is 1. The van der Waals surface area contributed by atoms with Gasteiger partial charge in [-0.15, -0.1) is 0 Å². The number of benzene rings is 3. The second-order valence-corrected chi connectivity index (χ2v) is 7.31. The Morgan fingerprint density at radius 2 is 1.79 bits per heavy atom. The molecular formula is C23H25ClN2O3. The summed E-state index contributed by atoms with van der Waals surface area (Å²) in [7, 11) is 0. The maximum Gasteiger partial charge on any atom is 0.225 e. The minimum Gasteiger partial charge on any atom is -0.490 e. The van der Waals surface area contributed by atoms with Gasteiger partial charge in [0.25, 0.3) is 0 Å². The van der Waals surface area contributed by atoms with Crippen LogP contribution in [0.4, 0.5) is 0 Å². The smallest absolute Gasteiger partial charge is 0.225 e. The molecule has 0 fully saturated rings. The lowest BCUT2D eigenvalue weighted by atomic mass is 10.1. The molecule has 152 valence electrons. The molecule has 2 unspecified atom stereocenters. The van der Waals surface area contributed by atoms with Gasteiger partial charge in [-0.3, -0.25) is 10.1 Å². The summed E-state index contributed by atoms with van der Waals surface area (Å²) < 4.78 is 5.79. The summed E-state index contributed by atoms with van der Waals surface area (Å²) in [5.41, 5.74) is 0.780. The largest absolute Gasteiger partial charge is 0.490 e. The van der Waals surface area contributed by atoms with Gasteiger partial charge >= 0.3 is 0 Å². The number of carbonyl (C=O) groups excluding carboxylic acids is 1. The predicted molar refractivity (Wildman–Crippen MR) is 116 cm³/mol. The number of amides is 1. The van der Waals surface area contributed by atoms with Crippen molar-refractivity contribution in [3.05, 3.63) is 77.3 Å². The van der Waals surface area contributed by atoms with Crippen LogP contribution in [-0.2, 0) is 11.2 Å². The Kier molecular flexibility index (Phi) is 7.47. The molecule has 0 saturated carbocycles. The zero-order chi connectivity index (χ0) is 20.6. The summed E-state index contributed by atoms with van der Waals surface area (Å²) >= 11 is 6.09. The van der Waals surface area contributed by atoms with E-state index in [0.717, 1.165) is 22.1 Å². The van der Waals surface area contributed by atoms with Crippen molar-refractivity contribution in [2.45, 2.75) is 25.6 Å². The molecule has 0 spiro atoms. The molecule has 3 N–H and O–H groups in total.